The van der Waals surface area contributed by atoms with Crippen molar-refractivity contribution in [1.29, 1.82) is 0 Å². The fourth-order valence-electron chi connectivity index (χ4n) is 4.31. The molecule has 3 rings (SSSR count). The molecule has 0 atom stereocenters. The van der Waals surface area contributed by atoms with Crippen LogP contribution in [0.3, 0.4) is 0 Å². The number of carboxylic acids is 1. The van der Waals surface area contributed by atoms with Gasteiger partial charge in [-0.1, -0.05) is 24.3 Å². The summed E-state index contributed by atoms with van der Waals surface area (Å²) in [5.74, 6) is -0.596. The molecule has 37 heavy (non-hydrogen) atoms. The number of nitrogens with zero attached hydrogens (tertiary/aromatic N) is 2. The van der Waals surface area contributed by atoms with E-state index in [1.165, 1.54) is 7.11 Å². The zero-order chi connectivity index (χ0) is 27.0. The van der Waals surface area contributed by atoms with Gasteiger partial charge in [0.15, 0.2) is 0 Å². The van der Waals surface area contributed by atoms with Crippen molar-refractivity contribution < 1.29 is 29.3 Å². The number of nitrogens with one attached hydrogen (secondary N) is 2. The summed E-state index contributed by atoms with van der Waals surface area (Å²) in [4.78, 5) is 40.0. The summed E-state index contributed by atoms with van der Waals surface area (Å²) in [5, 5.41) is 24.9. The number of aryl methyl sites for hydroxylation is 1. The topological polar surface area (TPSA) is 131 Å². The highest BCUT2D eigenvalue weighted by Crippen LogP contribution is 2.27. The van der Waals surface area contributed by atoms with Crippen molar-refractivity contribution in [3.8, 4) is 5.75 Å². The largest absolute Gasteiger partial charge is 0.495 e. The van der Waals surface area contributed by atoms with Gasteiger partial charge in [-0.3, -0.25) is 9.59 Å². The van der Waals surface area contributed by atoms with Crippen LogP contribution in [-0.4, -0.2) is 83.9 Å². The highest BCUT2D eigenvalue weighted by atomic mass is 16.5. The quantitative estimate of drug-likeness (QED) is 0.385. The smallest absolute Gasteiger partial charge is 0.323 e. The van der Waals surface area contributed by atoms with Crippen LogP contribution >= 0.6 is 0 Å². The molecule has 1 aliphatic rings. The molecule has 0 aromatic heterocycles. The number of carbonyl (C=O) groups is 3. The number of rotatable bonds is 10. The first-order chi connectivity index (χ1) is 17.6. The van der Waals surface area contributed by atoms with Gasteiger partial charge in [0.25, 0.3) is 0 Å². The monoisotopic (exact) mass is 512 g/mol. The van der Waals surface area contributed by atoms with Crippen LogP contribution in [0.15, 0.2) is 42.5 Å². The van der Waals surface area contributed by atoms with Crippen molar-refractivity contribution in [2.24, 2.45) is 0 Å². The minimum absolute atomic E-state index is 0.0561. The number of anilines is 2. The minimum atomic E-state index is -1.15. The average Bonchev–Trinajstić information content (AvgIpc) is 2.85. The molecular formula is C27H36N4O6. The Labute approximate surface area is 217 Å². The maximum absolute atomic E-state index is 12.8. The molecule has 10 heteroatoms. The number of likely N-dealkylation sites (tertiary alicyclic amines) is 1. The highest BCUT2D eigenvalue weighted by Gasteiger charge is 2.34. The molecule has 0 saturated carbocycles. The van der Waals surface area contributed by atoms with Gasteiger partial charge in [0.2, 0.25) is 5.91 Å². The number of methoxy groups -OCH3 is 1. The number of aliphatic hydroxyl groups is 1. The number of hydrogen-bond donors (Lipinski definition) is 4. The number of urea groups is 1. The summed E-state index contributed by atoms with van der Waals surface area (Å²) in [6, 6.07) is 12.3. The Hall–Kier alpha value is -3.63. The fraction of sp³-hybridized carbons (Fsp3) is 0.444. The van der Waals surface area contributed by atoms with Gasteiger partial charge < -0.3 is 35.4 Å². The highest BCUT2D eigenvalue weighted by molar-refractivity contribution is 6.01. The van der Waals surface area contributed by atoms with E-state index in [0.717, 1.165) is 11.1 Å². The molecule has 0 aliphatic carbocycles. The lowest BCUT2D eigenvalue weighted by molar-refractivity contribution is -0.144. The Bertz CT molecular complexity index is 1110. The Morgan fingerprint density at radius 1 is 1.08 bits per heavy atom. The molecule has 10 nitrogen and oxygen atoms in total. The van der Waals surface area contributed by atoms with Crippen LogP contribution in [0.2, 0.25) is 0 Å². The maximum atomic E-state index is 12.8. The van der Waals surface area contributed by atoms with Gasteiger partial charge >= 0.3 is 12.0 Å². The first kappa shape index (κ1) is 27.9. The molecule has 3 amide bonds. The Balaban J connectivity index is 1.49. The van der Waals surface area contributed by atoms with Gasteiger partial charge in [0.05, 0.1) is 31.2 Å². The number of likely N-dealkylation sites (N-methyl/N-ethyl adjacent to an activating group) is 1. The summed E-state index contributed by atoms with van der Waals surface area (Å²) in [6.07, 6.45) is 0.746. The molecule has 1 aliphatic heterocycles. The zero-order valence-electron chi connectivity index (χ0n) is 21.6. The summed E-state index contributed by atoms with van der Waals surface area (Å²) < 4.78 is 5.44. The van der Waals surface area contributed by atoms with Gasteiger partial charge in [-0.05, 0) is 49.1 Å². The van der Waals surface area contributed by atoms with Gasteiger partial charge in [-0.2, -0.15) is 0 Å². The van der Waals surface area contributed by atoms with Crippen molar-refractivity contribution in [2.75, 3.05) is 51.0 Å². The van der Waals surface area contributed by atoms with Crippen LogP contribution in [0.4, 0.5) is 16.2 Å². The summed E-state index contributed by atoms with van der Waals surface area (Å²) in [7, 11) is 3.25. The normalized spacial score (nSPS) is 15.0. The lowest BCUT2D eigenvalue weighted by Crippen LogP contribution is -2.47. The summed E-state index contributed by atoms with van der Waals surface area (Å²) in [6.45, 7) is 4.26. The number of carboxylic acid groups (broad SMARTS) is 1. The molecule has 0 bridgehead atoms. The van der Waals surface area contributed by atoms with Crippen LogP contribution in [0, 0.1) is 6.92 Å². The predicted octanol–water partition coefficient (Wildman–Crippen LogP) is 2.95. The Kier molecular flexibility index (Phi) is 9.48. The van der Waals surface area contributed by atoms with E-state index in [-0.39, 0.29) is 18.7 Å². The lowest BCUT2D eigenvalue weighted by Gasteiger charge is -2.37. The second-order valence-corrected chi connectivity index (χ2v) is 9.56. The molecule has 1 fully saturated rings. The lowest BCUT2D eigenvalue weighted by atomic mass is 9.88. The SMILES string of the molecule is COc1cc(CC(=O)N(C)CCN2CCC(O)(CC(=O)O)CC2)ccc1NC(=O)Nc1ccccc1C. The number of ether oxygens (including phenoxy) is 1. The maximum Gasteiger partial charge on any atom is 0.323 e. The number of carbonyl (C=O) groups excluding carboxylic acids is 2. The van der Waals surface area contributed by atoms with E-state index in [0.29, 0.717) is 56.1 Å². The number of piperidine rings is 1. The van der Waals surface area contributed by atoms with E-state index < -0.39 is 17.6 Å². The van der Waals surface area contributed by atoms with Crippen molar-refractivity contribution in [2.45, 2.75) is 38.2 Å². The number of para-hydroxylation sites is 1. The van der Waals surface area contributed by atoms with Gasteiger partial charge in [-0.15, -0.1) is 0 Å². The van der Waals surface area contributed by atoms with Crippen molar-refractivity contribution in [3.05, 3.63) is 53.6 Å². The molecule has 4 N–H and O–H groups in total. The van der Waals surface area contributed by atoms with Crippen LogP contribution in [0.1, 0.15) is 30.4 Å². The molecule has 1 saturated heterocycles. The van der Waals surface area contributed by atoms with Crippen LogP contribution in [-0.2, 0) is 16.0 Å². The molecule has 2 aromatic carbocycles. The average molecular weight is 513 g/mol. The number of amides is 3. The van der Waals surface area contributed by atoms with E-state index in [1.807, 2.05) is 31.2 Å². The van der Waals surface area contributed by atoms with Crippen molar-refractivity contribution in [3.63, 3.8) is 0 Å². The number of hydrogen-bond acceptors (Lipinski definition) is 6. The van der Waals surface area contributed by atoms with Crippen molar-refractivity contribution in [1.82, 2.24) is 9.80 Å². The Morgan fingerprint density at radius 3 is 2.41 bits per heavy atom. The third-order valence-corrected chi connectivity index (χ3v) is 6.71. The molecule has 2 aromatic rings. The predicted molar refractivity (Wildman–Crippen MR) is 141 cm³/mol. The number of aliphatic carboxylic acids is 1. The summed E-state index contributed by atoms with van der Waals surface area (Å²) >= 11 is 0. The number of benzene rings is 2. The second kappa shape index (κ2) is 12.6. The van der Waals surface area contributed by atoms with E-state index in [1.54, 1.807) is 30.1 Å². The molecule has 0 radical (unpaired) electrons. The van der Waals surface area contributed by atoms with Crippen LogP contribution < -0.4 is 15.4 Å². The van der Waals surface area contributed by atoms with E-state index in [4.69, 9.17) is 9.84 Å². The third-order valence-electron chi connectivity index (χ3n) is 6.71. The van der Waals surface area contributed by atoms with Gasteiger partial charge in [0.1, 0.15) is 5.75 Å². The molecule has 1 heterocycles. The standard InChI is InChI=1S/C27H36N4O6/c1-19-6-4-5-7-21(19)28-26(35)29-22-9-8-20(16-23(22)37-3)17-24(32)30(2)14-15-31-12-10-27(36,11-13-31)18-25(33)34/h4-9,16,36H,10-15,17-18H2,1-3H3,(H,33,34)(H2,28,29,35). The first-order valence-corrected chi connectivity index (χ1v) is 12.3. The van der Waals surface area contributed by atoms with E-state index in [2.05, 4.69) is 15.5 Å². The zero-order valence-corrected chi connectivity index (χ0v) is 21.6. The third kappa shape index (κ3) is 8.19. The van der Waals surface area contributed by atoms with E-state index >= 15 is 0 Å². The second-order valence-electron chi connectivity index (χ2n) is 9.56. The van der Waals surface area contributed by atoms with Gasteiger partial charge in [0, 0.05) is 38.9 Å². The minimum Gasteiger partial charge on any atom is -0.495 e. The molecular weight excluding hydrogens is 476 g/mol. The van der Waals surface area contributed by atoms with Crippen LogP contribution in [0.25, 0.3) is 0 Å². The fourth-order valence-corrected chi connectivity index (χ4v) is 4.31. The van der Waals surface area contributed by atoms with Gasteiger partial charge in [-0.25, -0.2) is 4.79 Å². The molecule has 200 valence electrons. The van der Waals surface area contributed by atoms with Crippen molar-refractivity contribution >= 4 is 29.3 Å². The Morgan fingerprint density at radius 2 is 1.76 bits per heavy atom. The molecule has 0 unspecified atom stereocenters. The molecule has 0 spiro atoms. The van der Waals surface area contributed by atoms with Crippen LogP contribution in [0.5, 0.6) is 5.75 Å². The first-order valence-electron chi connectivity index (χ1n) is 12.3. The van der Waals surface area contributed by atoms with E-state index in [9.17, 15) is 19.5 Å². The summed E-state index contributed by atoms with van der Waals surface area (Å²) in [5.41, 5.74) is 1.76.